The van der Waals surface area contributed by atoms with Gasteiger partial charge in [-0.25, -0.2) is 0 Å². The number of nitrogens with zero attached hydrogens (tertiary/aromatic N) is 1. The number of hydrogen-bond donors (Lipinski definition) is 1. The van der Waals surface area contributed by atoms with Gasteiger partial charge in [-0.3, -0.25) is 4.79 Å². The lowest BCUT2D eigenvalue weighted by Gasteiger charge is -2.16. The molecule has 0 radical (unpaired) electrons. The maximum absolute atomic E-state index is 11.3. The molecule has 1 saturated carbocycles. The van der Waals surface area contributed by atoms with E-state index in [0.717, 1.165) is 6.54 Å². The van der Waals surface area contributed by atoms with Gasteiger partial charge in [-0.2, -0.15) is 0 Å². The van der Waals surface area contributed by atoms with Crippen LogP contribution in [0.15, 0.2) is 0 Å². The minimum atomic E-state index is 0.164. The van der Waals surface area contributed by atoms with Gasteiger partial charge in [0.2, 0.25) is 5.91 Å². The van der Waals surface area contributed by atoms with Gasteiger partial charge in [-0.15, -0.1) is 0 Å². The molecule has 82 valence electrons. The Labute approximate surface area is 86.9 Å². The highest BCUT2D eigenvalue weighted by molar-refractivity contribution is 5.77. The Kier molecular flexibility index (Phi) is 3.93. The first kappa shape index (κ1) is 11.5. The lowest BCUT2D eigenvalue weighted by Crippen LogP contribution is -2.35. The first-order valence-electron chi connectivity index (χ1n) is 5.50. The fourth-order valence-electron chi connectivity index (χ4n) is 1.81. The summed E-state index contributed by atoms with van der Waals surface area (Å²) >= 11 is 0. The van der Waals surface area contributed by atoms with Gasteiger partial charge in [0.25, 0.3) is 0 Å². The molecule has 1 N–H and O–H groups in total. The Bertz CT molecular complexity index is 197. The van der Waals surface area contributed by atoms with Crippen LogP contribution in [0.4, 0.5) is 0 Å². The molecule has 1 aliphatic rings. The summed E-state index contributed by atoms with van der Waals surface area (Å²) in [7, 11) is 3.59. The molecule has 0 aromatic heterocycles. The van der Waals surface area contributed by atoms with Crippen molar-refractivity contribution < 1.29 is 4.79 Å². The lowest BCUT2D eigenvalue weighted by molar-refractivity contribution is -0.127. The van der Waals surface area contributed by atoms with Gasteiger partial charge >= 0.3 is 0 Å². The van der Waals surface area contributed by atoms with Gasteiger partial charge in [-0.1, -0.05) is 13.3 Å². The van der Waals surface area contributed by atoms with E-state index in [0.29, 0.717) is 12.0 Å². The molecule has 0 aliphatic heterocycles. The zero-order valence-electron chi connectivity index (χ0n) is 9.60. The molecule has 1 aliphatic carbocycles. The molecule has 0 aromatic rings. The summed E-state index contributed by atoms with van der Waals surface area (Å²) in [5.74, 6) is 0.164. The van der Waals surface area contributed by atoms with Crippen LogP contribution < -0.4 is 5.32 Å². The van der Waals surface area contributed by atoms with E-state index in [9.17, 15) is 4.79 Å². The van der Waals surface area contributed by atoms with Crippen molar-refractivity contribution in [3.8, 4) is 0 Å². The highest BCUT2D eigenvalue weighted by atomic mass is 16.2. The normalized spacial score (nSPS) is 17.9. The SMILES string of the molecule is CCCC1(CNCC(=O)N(C)C)CC1. The third-order valence-corrected chi connectivity index (χ3v) is 3.01. The quantitative estimate of drug-likeness (QED) is 0.696. The fourth-order valence-corrected chi connectivity index (χ4v) is 1.81. The molecule has 0 saturated heterocycles. The van der Waals surface area contributed by atoms with Gasteiger partial charge in [0.15, 0.2) is 0 Å². The lowest BCUT2D eigenvalue weighted by atomic mass is 10.0. The van der Waals surface area contributed by atoms with E-state index in [4.69, 9.17) is 0 Å². The molecule has 0 heterocycles. The molecule has 0 atom stereocenters. The summed E-state index contributed by atoms with van der Waals surface area (Å²) in [6.45, 7) is 3.73. The van der Waals surface area contributed by atoms with Crippen molar-refractivity contribution in [1.29, 1.82) is 0 Å². The third-order valence-electron chi connectivity index (χ3n) is 3.01. The van der Waals surface area contributed by atoms with Gasteiger partial charge in [0, 0.05) is 20.6 Å². The molecule has 1 amide bonds. The Morgan fingerprint density at radius 2 is 2.07 bits per heavy atom. The minimum Gasteiger partial charge on any atom is -0.348 e. The maximum atomic E-state index is 11.3. The van der Waals surface area contributed by atoms with Crippen molar-refractivity contribution in [2.75, 3.05) is 27.2 Å². The van der Waals surface area contributed by atoms with Crippen LogP contribution in [0, 0.1) is 5.41 Å². The van der Waals surface area contributed by atoms with E-state index in [1.807, 2.05) is 0 Å². The maximum Gasteiger partial charge on any atom is 0.236 e. The first-order chi connectivity index (χ1) is 6.59. The number of likely N-dealkylation sites (N-methyl/N-ethyl adjacent to an activating group) is 1. The van der Waals surface area contributed by atoms with Gasteiger partial charge in [-0.05, 0) is 24.7 Å². The Balaban J connectivity index is 2.12. The third kappa shape index (κ3) is 3.29. The molecular weight excluding hydrogens is 176 g/mol. The zero-order chi connectivity index (χ0) is 10.6. The molecule has 1 rings (SSSR count). The van der Waals surface area contributed by atoms with Gasteiger partial charge < -0.3 is 10.2 Å². The number of carbonyl (C=O) groups is 1. The first-order valence-corrected chi connectivity index (χ1v) is 5.50. The van der Waals surface area contributed by atoms with Crippen LogP contribution in [-0.4, -0.2) is 38.0 Å². The predicted molar refractivity (Wildman–Crippen MR) is 58.1 cm³/mol. The van der Waals surface area contributed by atoms with Crippen LogP contribution in [0.5, 0.6) is 0 Å². The smallest absolute Gasteiger partial charge is 0.236 e. The average Bonchev–Trinajstić information content (AvgIpc) is 2.85. The second-order valence-electron chi connectivity index (χ2n) is 4.64. The van der Waals surface area contributed by atoms with Crippen LogP contribution in [0.2, 0.25) is 0 Å². The standard InChI is InChI=1S/C11H22N2O/c1-4-5-11(6-7-11)9-12-8-10(14)13(2)3/h12H,4-9H2,1-3H3. The monoisotopic (exact) mass is 198 g/mol. The van der Waals surface area contributed by atoms with Crippen molar-refractivity contribution in [2.45, 2.75) is 32.6 Å². The summed E-state index contributed by atoms with van der Waals surface area (Å²) in [5, 5.41) is 3.26. The molecule has 0 aromatic carbocycles. The highest BCUT2D eigenvalue weighted by Crippen LogP contribution is 2.48. The number of rotatable bonds is 6. The summed E-state index contributed by atoms with van der Waals surface area (Å²) in [5.41, 5.74) is 0.543. The van der Waals surface area contributed by atoms with Crippen LogP contribution in [0.25, 0.3) is 0 Å². The van der Waals surface area contributed by atoms with Gasteiger partial charge in [0.05, 0.1) is 6.54 Å². The molecule has 14 heavy (non-hydrogen) atoms. The number of carbonyl (C=O) groups excluding carboxylic acids is 1. The van der Waals surface area contributed by atoms with E-state index in [1.54, 1.807) is 19.0 Å². The zero-order valence-corrected chi connectivity index (χ0v) is 9.60. The van der Waals surface area contributed by atoms with Crippen molar-refractivity contribution in [3.63, 3.8) is 0 Å². The second-order valence-corrected chi connectivity index (χ2v) is 4.64. The van der Waals surface area contributed by atoms with Crippen LogP contribution >= 0.6 is 0 Å². The number of nitrogens with one attached hydrogen (secondary N) is 1. The molecule has 1 fully saturated rings. The second kappa shape index (κ2) is 4.78. The van der Waals surface area contributed by atoms with E-state index >= 15 is 0 Å². The van der Waals surface area contributed by atoms with E-state index < -0.39 is 0 Å². The summed E-state index contributed by atoms with van der Waals surface area (Å²) < 4.78 is 0. The van der Waals surface area contributed by atoms with Crippen molar-refractivity contribution >= 4 is 5.91 Å². The van der Waals surface area contributed by atoms with Crippen molar-refractivity contribution in [1.82, 2.24) is 10.2 Å². The minimum absolute atomic E-state index is 0.164. The van der Waals surface area contributed by atoms with E-state index in [2.05, 4.69) is 12.2 Å². The summed E-state index contributed by atoms with van der Waals surface area (Å²) in [6, 6.07) is 0. The predicted octanol–water partition coefficient (Wildman–Crippen LogP) is 1.24. The average molecular weight is 198 g/mol. The Morgan fingerprint density at radius 3 is 2.50 bits per heavy atom. The molecule has 0 bridgehead atoms. The van der Waals surface area contributed by atoms with E-state index in [1.165, 1.54) is 25.7 Å². The van der Waals surface area contributed by atoms with Crippen LogP contribution in [-0.2, 0) is 4.79 Å². The number of amides is 1. The van der Waals surface area contributed by atoms with Gasteiger partial charge in [0.1, 0.15) is 0 Å². The topological polar surface area (TPSA) is 32.3 Å². The van der Waals surface area contributed by atoms with Crippen LogP contribution in [0.3, 0.4) is 0 Å². The molecule has 0 unspecified atom stereocenters. The molecule has 0 spiro atoms. The van der Waals surface area contributed by atoms with Crippen molar-refractivity contribution in [3.05, 3.63) is 0 Å². The van der Waals surface area contributed by atoms with Crippen molar-refractivity contribution in [2.24, 2.45) is 5.41 Å². The van der Waals surface area contributed by atoms with Crippen LogP contribution in [0.1, 0.15) is 32.6 Å². The fraction of sp³-hybridized carbons (Fsp3) is 0.909. The molecule has 3 nitrogen and oxygen atoms in total. The summed E-state index contributed by atoms with van der Waals surface area (Å²) in [4.78, 5) is 12.9. The Hall–Kier alpha value is -0.570. The highest BCUT2D eigenvalue weighted by Gasteiger charge is 2.40. The number of hydrogen-bond acceptors (Lipinski definition) is 2. The molecule has 3 heteroatoms. The largest absolute Gasteiger partial charge is 0.348 e. The Morgan fingerprint density at radius 1 is 1.43 bits per heavy atom. The molecular formula is C11H22N2O. The summed E-state index contributed by atoms with van der Waals surface area (Å²) in [6.07, 6.45) is 5.23. The van der Waals surface area contributed by atoms with E-state index in [-0.39, 0.29) is 5.91 Å².